The molecule has 20 atom stereocenters. The molecule has 0 aromatic heterocycles. The second-order valence-electron chi connectivity index (χ2n) is 13.7. The number of hydrogen-bond acceptors (Lipinski definition) is 23. The van der Waals surface area contributed by atoms with Crippen molar-refractivity contribution < 1.29 is 109 Å². The van der Waals surface area contributed by atoms with E-state index in [4.69, 9.17) is 37.9 Å². The lowest BCUT2D eigenvalue weighted by molar-refractivity contribution is -0.385. The maximum Gasteiger partial charge on any atom is 0.269 e. The van der Waals surface area contributed by atoms with Gasteiger partial charge >= 0.3 is 0 Å². The number of nitro groups is 1. The summed E-state index contributed by atoms with van der Waals surface area (Å²) in [6.07, 6.45) is -33.9. The molecule has 0 bridgehead atoms. The minimum absolute atomic E-state index is 0.00543. The Morgan fingerprint density at radius 3 is 1.54 bits per heavy atom. The van der Waals surface area contributed by atoms with Gasteiger partial charge in [0, 0.05) is 19.1 Å². The summed E-state index contributed by atoms with van der Waals surface area (Å²) in [5.41, 5.74) is -0.255. The van der Waals surface area contributed by atoms with Gasteiger partial charge in [-0.1, -0.05) is 0 Å². The number of hydrogen-bond donors (Lipinski definition) is 13. The molecule has 0 spiro atoms. The largest absolute Gasteiger partial charge is 0.462 e. The van der Waals surface area contributed by atoms with Crippen molar-refractivity contribution in [2.45, 2.75) is 130 Å². The first kappa shape index (κ1) is 45.2. The van der Waals surface area contributed by atoms with Crippen molar-refractivity contribution >= 4 is 11.6 Å². The number of nitrogens with one attached hydrogen (secondary N) is 1. The van der Waals surface area contributed by atoms with E-state index < -0.39 is 160 Å². The highest BCUT2D eigenvalue weighted by Crippen LogP contribution is 2.35. The number of nitrogens with zero attached hydrogens (tertiary/aromatic N) is 1. The molecule has 4 aliphatic heterocycles. The molecule has 25 nitrogen and oxygen atoms in total. The SMILES string of the molecule is CC(=O)N[C@H]1[C@H](O[C@H]2[C@@H](O)[C@@H](CO)O[C@H](O[C@@H]3[C@H](O)[C@@H](O)[C@H](O[C@H]4[C@H](O)[C@@H](O)[C@H](Oc5ccc([N+](=O)[O-])cc5)O[C@@H]4CO)O[C@@H]3CO)[C@@H]2O)O[C@H](CO)[C@H](O)[C@@H]1O. The Morgan fingerprint density at radius 1 is 0.596 bits per heavy atom. The van der Waals surface area contributed by atoms with Gasteiger partial charge in [-0.05, 0) is 12.1 Å². The third-order valence-electron chi connectivity index (χ3n) is 9.89. The first-order chi connectivity index (χ1) is 27.0. The first-order valence-electron chi connectivity index (χ1n) is 17.7. The van der Waals surface area contributed by atoms with Gasteiger partial charge < -0.3 is 104 Å². The maximum atomic E-state index is 11.9. The van der Waals surface area contributed by atoms with Gasteiger partial charge in [-0.15, -0.1) is 0 Å². The van der Waals surface area contributed by atoms with Crippen LogP contribution in [-0.4, -0.2) is 221 Å². The summed E-state index contributed by atoms with van der Waals surface area (Å²) in [6, 6.07) is 3.12. The van der Waals surface area contributed by atoms with Crippen molar-refractivity contribution in [3.8, 4) is 5.75 Å². The highest BCUT2D eigenvalue weighted by molar-refractivity contribution is 5.73. The molecule has 4 fully saturated rings. The lowest BCUT2D eigenvalue weighted by Crippen LogP contribution is -2.69. The zero-order chi connectivity index (χ0) is 41.9. The van der Waals surface area contributed by atoms with Crippen molar-refractivity contribution in [3.05, 3.63) is 34.4 Å². The van der Waals surface area contributed by atoms with Crippen molar-refractivity contribution in [2.75, 3.05) is 26.4 Å². The second kappa shape index (κ2) is 19.5. The summed E-state index contributed by atoms with van der Waals surface area (Å²) in [5, 5.41) is 140. The van der Waals surface area contributed by atoms with E-state index in [1.807, 2.05) is 0 Å². The fourth-order valence-electron chi connectivity index (χ4n) is 6.81. The van der Waals surface area contributed by atoms with E-state index in [1.54, 1.807) is 0 Å². The molecule has 4 aliphatic rings. The van der Waals surface area contributed by atoms with Gasteiger partial charge in [0.1, 0.15) is 103 Å². The van der Waals surface area contributed by atoms with Crippen molar-refractivity contribution in [1.29, 1.82) is 0 Å². The van der Waals surface area contributed by atoms with Crippen LogP contribution in [0.5, 0.6) is 5.75 Å². The van der Waals surface area contributed by atoms with Crippen LogP contribution in [0.1, 0.15) is 6.92 Å². The quantitative estimate of drug-likeness (QED) is 0.0612. The zero-order valence-electron chi connectivity index (χ0n) is 30.0. The molecule has 25 heteroatoms. The molecule has 1 amide bonds. The van der Waals surface area contributed by atoms with E-state index in [-0.39, 0.29) is 11.4 Å². The van der Waals surface area contributed by atoms with E-state index in [1.165, 1.54) is 12.1 Å². The van der Waals surface area contributed by atoms with Crippen LogP contribution in [0.3, 0.4) is 0 Å². The standard InChI is InChI=1S/C32H48N2O23/c1-10(39)33-17-20(42)18(40)13(6-35)51-29(17)57-28-19(41)14(7-36)52-32(25(28)47)56-27-16(9-38)54-31(24(46)22(27)44)55-26-15(8-37)53-30(23(45)21(26)43)50-12-4-2-11(3-5-12)34(48)49/h2-5,13-32,35-38,40-47H,6-9H2,1H3,(H,33,39)/t13-,14-,15-,16-,17-,18+,19+,20-,21-,22-,23-,24-,25-,26-,27+,28+,29+,30-,31+,32-/m1/s1. The lowest BCUT2D eigenvalue weighted by Gasteiger charge is -2.49. The second-order valence-corrected chi connectivity index (χ2v) is 13.7. The van der Waals surface area contributed by atoms with Gasteiger partial charge in [-0.2, -0.15) is 0 Å². The number of aliphatic hydroxyl groups excluding tert-OH is 12. The van der Waals surface area contributed by atoms with Crippen molar-refractivity contribution in [1.82, 2.24) is 5.32 Å². The molecule has 0 radical (unpaired) electrons. The first-order valence-corrected chi connectivity index (χ1v) is 17.7. The molecule has 4 heterocycles. The summed E-state index contributed by atoms with van der Waals surface area (Å²) in [6.45, 7) is -2.47. The number of rotatable bonds is 14. The molecule has 0 aliphatic carbocycles. The number of ether oxygens (including phenoxy) is 8. The van der Waals surface area contributed by atoms with Crippen LogP contribution in [0.15, 0.2) is 24.3 Å². The fourth-order valence-corrected chi connectivity index (χ4v) is 6.81. The number of amides is 1. The molecule has 13 N–H and O–H groups in total. The van der Waals surface area contributed by atoms with E-state index in [2.05, 4.69) is 5.32 Å². The fraction of sp³-hybridized carbons (Fsp3) is 0.781. The topological polar surface area (TPSA) is 389 Å². The molecule has 0 saturated carbocycles. The maximum absolute atomic E-state index is 11.9. The number of carbonyl (C=O) groups is 1. The highest BCUT2D eigenvalue weighted by atomic mass is 16.8. The van der Waals surface area contributed by atoms with Crippen LogP contribution in [0, 0.1) is 10.1 Å². The Labute approximate surface area is 322 Å². The number of carbonyl (C=O) groups excluding carboxylic acids is 1. The average Bonchev–Trinajstić information content (AvgIpc) is 3.19. The van der Waals surface area contributed by atoms with Crippen LogP contribution in [-0.2, 0) is 38.0 Å². The van der Waals surface area contributed by atoms with Gasteiger partial charge in [-0.25, -0.2) is 0 Å². The summed E-state index contributed by atoms with van der Waals surface area (Å²) >= 11 is 0. The van der Waals surface area contributed by atoms with Crippen molar-refractivity contribution in [2.24, 2.45) is 0 Å². The van der Waals surface area contributed by atoms with Gasteiger partial charge in [0.2, 0.25) is 12.2 Å². The zero-order valence-corrected chi connectivity index (χ0v) is 30.0. The number of benzene rings is 1. The lowest BCUT2D eigenvalue weighted by atomic mass is 9.95. The summed E-state index contributed by atoms with van der Waals surface area (Å²) in [7, 11) is 0. The van der Waals surface area contributed by atoms with Gasteiger partial charge in [0.05, 0.1) is 31.4 Å². The van der Waals surface area contributed by atoms with E-state index >= 15 is 0 Å². The summed E-state index contributed by atoms with van der Waals surface area (Å²) < 4.78 is 44.9. The smallest absolute Gasteiger partial charge is 0.269 e. The van der Waals surface area contributed by atoms with E-state index in [0.29, 0.717) is 0 Å². The predicted molar refractivity (Wildman–Crippen MR) is 177 cm³/mol. The van der Waals surface area contributed by atoms with Crippen LogP contribution >= 0.6 is 0 Å². The van der Waals surface area contributed by atoms with E-state index in [9.17, 15) is 76.2 Å². The Bertz CT molecular complexity index is 1460. The van der Waals surface area contributed by atoms with E-state index in [0.717, 1.165) is 19.1 Å². The molecule has 4 saturated heterocycles. The number of nitro benzene ring substituents is 1. The predicted octanol–water partition coefficient (Wildman–Crippen LogP) is -7.61. The summed E-state index contributed by atoms with van der Waals surface area (Å²) in [4.78, 5) is 22.2. The minimum atomic E-state index is -2.08. The average molecular weight is 829 g/mol. The van der Waals surface area contributed by atoms with Crippen LogP contribution in [0.25, 0.3) is 0 Å². The Kier molecular flexibility index (Phi) is 15.4. The molecular weight excluding hydrogens is 780 g/mol. The Balaban J connectivity index is 1.27. The van der Waals surface area contributed by atoms with Crippen LogP contribution in [0.2, 0.25) is 0 Å². The molecule has 57 heavy (non-hydrogen) atoms. The van der Waals surface area contributed by atoms with Gasteiger partial charge in [-0.3, -0.25) is 14.9 Å². The van der Waals surface area contributed by atoms with Gasteiger partial charge in [0.15, 0.2) is 18.9 Å². The molecular formula is C32H48N2O23. The molecule has 1 aromatic carbocycles. The molecule has 0 unspecified atom stereocenters. The Hall–Kier alpha value is -2.87. The molecule has 5 rings (SSSR count). The third kappa shape index (κ3) is 9.79. The van der Waals surface area contributed by atoms with Gasteiger partial charge in [0.25, 0.3) is 5.69 Å². The molecule has 1 aromatic rings. The number of aliphatic hydroxyl groups is 12. The normalized spacial score (nSPS) is 43.9. The van der Waals surface area contributed by atoms with Crippen LogP contribution < -0.4 is 10.1 Å². The Morgan fingerprint density at radius 2 is 1.04 bits per heavy atom. The third-order valence-corrected chi connectivity index (χ3v) is 9.89. The minimum Gasteiger partial charge on any atom is -0.462 e. The monoisotopic (exact) mass is 828 g/mol. The summed E-state index contributed by atoms with van der Waals surface area (Å²) in [5.74, 6) is -0.712. The van der Waals surface area contributed by atoms with Crippen LogP contribution in [0.4, 0.5) is 5.69 Å². The number of non-ortho nitro benzene ring substituents is 1. The van der Waals surface area contributed by atoms with Crippen molar-refractivity contribution in [3.63, 3.8) is 0 Å². The highest BCUT2D eigenvalue weighted by Gasteiger charge is 2.55. The molecule has 324 valence electrons.